The van der Waals surface area contributed by atoms with E-state index in [0.717, 1.165) is 18.6 Å². The summed E-state index contributed by atoms with van der Waals surface area (Å²) in [6.07, 6.45) is 1.21. The predicted octanol–water partition coefficient (Wildman–Crippen LogP) is 3.08. The first-order valence-electron chi connectivity index (χ1n) is 8.59. The summed E-state index contributed by atoms with van der Waals surface area (Å²) in [5.74, 6) is 0.666. The number of hydrogen-bond acceptors (Lipinski definition) is 5. The lowest BCUT2D eigenvalue weighted by molar-refractivity contribution is -0.132. The zero-order chi connectivity index (χ0) is 18.8. The molecular weight excluding hydrogens is 352 g/mol. The van der Waals surface area contributed by atoms with Crippen molar-refractivity contribution in [1.29, 1.82) is 0 Å². The zero-order valence-corrected chi connectivity index (χ0v) is 15.8. The van der Waals surface area contributed by atoms with Gasteiger partial charge in [0.05, 0.1) is 6.61 Å². The predicted molar refractivity (Wildman–Crippen MR) is 101 cm³/mol. The van der Waals surface area contributed by atoms with E-state index in [-0.39, 0.29) is 5.91 Å². The van der Waals surface area contributed by atoms with Gasteiger partial charge >= 0.3 is 0 Å². The van der Waals surface area contributed by atoms with Crippen LogP contribution < -0.4 is 20.3 Å². The molecule has 2 rings (SSSR count). The molecule has 7 heteroatoms. The molecule has 26 heavy (non-hydrogen) atoms. The van der Waals surface area contributed by atoms with Gasteiger partial charge in [0.15, 0.2) is 6.10 Å². The number of rotatable bonds is 9. The summed E-state index contributed by atoms with van der Waals surface area (Å²) in [6, 6.07) is 11.1. The van der Waals surface area contributed by atoms with Gasteiger partial charge in [-0.2, -0.15) is 0 Å². The molecule has 1 unspecified atom stereocenters. The average molecular weight is 376 g/mol. The van der Waals surface area contributed by atoms with E-state index in [4.69, 9.17) is 9.47 Å². The van der Waals surface area contributed by atoms with Crippen LogP contribution in [0.2, 0.25) is 0 Å². The zero-order valence-electron chi connectivity index (χ0n) is 15.0. The van der Waals surface area contributed by atoms with E-state index in [0.29, 0.717) is 18.8 Å². The van der Waals surface area contributed by atoms with E-state index in [1.165, 1.54) is 4.88 Å². The SMILES string of the molecule is CCOc1ccc(OC(C)C(=O)NNC(=O)CCCc2cccs2)cc1. The molecule has 0 spiro atoms. The quantitative estimate of drug-likeness (QED) is 0.660. The number of benzene rings is 1. The summed E-state index contributed by atoms with van der Waals surface area (Å²) in [6.45, 7) is 4.12. The van der Waals surface area contributed by atoms with E-state index in [1.807, 2.05) is 24.4 Å². The number of thiophene rings is 1. The molecule has 2 N–H and O–H groups in total. The van der Waals surface area contributed by atoms with Crippen LogP contribution in [0.5, 0.6) is 11.5 Å². The van der Waals surface area contributed by atoms with Crippen molar-refractivity contribution in [3.8, 4) is 11.5 Å². The molecule has 1 atom stereocenters. The van der Waals surface area contributed by atoms with Crippen LogP contribution >= 0.6 is 11.3 Å². The van der Waals surface area contributed by atoms with Gasteiger partial charge in [0, 0.05) is 11.3 Å². The molecule has 2 amide bonds. The monoisotopic (exact) mass is 376 g/mol. The molecule has 0 radical (unpaired) electrons. The summed E-state index contributed by atoms with van der Waals surface area (Å²) in [7, 11) is 0. The number of aryl methyl sites for hydroxylation is 1. The van der Waals surface area contributed by atoms with Crippen LogP contribution in [0.1, 0.15) is 31.6 Å². The summed E-state index contributed by atoms with van der Waals surface area (Å²) in [5.41, 5.74) is 4.81. The van der Waals surface area contributed by atoms with Crippen LogP contribution in [-0.4, -0.2) is 24.5 Å². The lowest BCUT2D eigenvalue weighted by atomic mass is 10.2. The minimum Gasteiger partial charge on any atom is -0.494 e. The van der Waals surface area contributed by atoms with Crippen molar-refractivity contribution in [2.24, 2.45) is 0 Å². The number of carbonyl (C=O) groups is 2. The van der Waals surface area contributed by atoms with Gasteiger partial charge in [-0.05, 0) is 62.4 Å². The second-order valence-electron chi connectivity index (χ2n) is 5.63. The molecule has 0 aliphatic carbocycles. The highest BCUT2D eigenvalue weighted by Gasteiger charge is 2.15. The Kier molecular flexibility index (Phi) is 7.95. The minimum atomic E-state index is -0.737. The lowest BCUT2D eigenvalue weighted by Gasteiger charge is -2.15. The molecule has 1 aromatic carbocycles. The van der Waals surface area contributed by atoms with Crippen LogP contribution in [-0.2, 0) is 16.0 Å². The third-order valence-electron chi connectivity index (χ3n) is 3.55. The molecular formula is C19H24N2O4S. The Hall–Kier alpha value is -2.54. The normalized spacial score (nSPS) is 11.5. The maximum atomic E-state index is 12.0. The van der Waals surface area contributed by atoms with Gasteiger partial charge in [0.25, 0.3) is 5.91 Å². The first-order chi connectivity index (χ1) is 12.6. The Balaban J connectivity index is 1.66. The molecule has 0 fully saturated rings. The average Bonchev–Trinajstić information content (AvgIpc) is 3.15. The van der Waals surface area contributed by atoms with Gasteiger partial charge in [-0.15, -0.1) is 11.3 Å². The topological polar surface area (TPSA) is 76.7 Å². The van der Waals surface area contributed by atoms with Gasteiger partial charge in [-0.25, -0.2) is 0 Å². The molecule has 140 valence electrons. The Morgan fingerprint density at radius 1 is 1.12 bits per heavy atom. The van der Waals surface area contributed by atoms with Crippen molar-refractivity contribution in [2.75, 3.05) is 6.61 Å². The standard InChI is InChI=1S/C19H24N2O4S/c1-3-24-15-9-11-16(12-10-15)25-14(2)19(23)21-20-18(22)8-4-6-17-7-5-13-26-17/h5,7,9-14H,3-4,6,8H2,1-2H3,(H,20,22)(H,21,23). The van der Waals surface area contributed by atoms with Gasteiger partial charge in [0.2, 0.25) is 5.91 Å². The second kappa shape index (κ2) is 10.5. The van der Waals surface area contributed by atoms with E-state index in [9.17, 15) is 9.59 Å². The Morgan fingerprint density at radius 2 is 1.85 bits per heavy atom. The highest BCUT2D eigenvalue weighted by atomic mass is 32.1. The van der Waals surface area contributed by atoms with E-state index < -0.39 is 12.0 Å². The number of nitrogens with one attached hydrogen (secondary N) is 2. The van der Waals surface area contributed by atoms with E-state index in [1.54, 1.807) is 42.5 Å². The highest BCUT2D eigenvalue weighted by molar-refractivity contribution is 7.09. The molecule has 2 aromatic rings. The molecule has 6 nitrogen and oxygen atoms in total. The summed E-state index contributed by atoms with van der Waals surface area (Å²) in [4.78, 5) is 25.0. The number of hydrogen-bond donors (Lipinski definition) is 2. The third kappa shape index (κ3) is 6.76. The summed E-state index contributed by atoms with van der Waals surface area (Å²) < 4.78 is 10.9. The molecule has 1 aromatic heterocycles. The van der Waals surface area contributed by atoms with Gasteiger partial charge in [-0.3, -0.25) is 20.4 Å². The van der Waals surface area contributed by atoms with Crippen molar-refractivity contribution in [2.45, 2.75) is 39.2 Å². The molecule has 0 bridgehead atoms. The Morgan fingerprint density at radius 3 is 2.50 bits per heavy atom. The van der Waals surface area contributed by atoms with E-state index >= 15 is 0 Å². The Bertz CT molecular complexity index is 686. The van der Waals surface area contributed by atoms with Gasteiger partial charge in [-0.1, -0.05) is 6.07 Å². The smallest absolute Gasteiger partial charge is 0.279 e. The van der Waals surface area contributed by atoms with Crippen LogP contribution in [0, 0.1) is 0 Å². The number of hydrazine groups is 1. The maximum absolute atomic E-state index is 12.0. The lowest BCUT2D eigenvalue weighted by Crippen LogP contribution is -2.47. The van der Waals surface area contributed by atoms with Crippen LogP contribution in [0.25, 0.3) is 0 Å². The number of amides is 2. The first-order valence-corrected chi connectivity index (χ1v) is 9.47. The number of carbonyl (C=O) groups excluding carboxylic acids is 2. The fourth-order valence-electron chi connectivity index (χ4n) is 2.21. The van der Waals surface area contributed by atoms with Crippen LogP contribution in [0.3, 0.4) is 0 Å². The first kappa shape index (κ1) is 19.8. The highest BCUT2D eigenvalue weighted by Crippen LogP contribution is 2.18. The summed E-state index contributed by atoms with van der Waals surface area (Å²) in [5, 5.41) is 2.02. The maximum Gasteiger partial charge on any atom is 0.279 e. The molecule has 0 saturated heterocycles. The van der Waals surface area contributed by atoms with Crippen LogP contribution in [0.4, 0.5) is 0 Å². The van der Waals surface area contributed by atoms with Gasteiger partial charge < -0.3 is 9.47 Å². The second-order valence-corrected chi connectivity index (χ2v) is 6.67. The van der Waals surface area contributed by atoms with Crippen molar-refractivity contribution < 1.29 is 19.1 Å². The largest absolute Gasteiger partial charge is 0.494 e. The molecule has 0 aliphatic heterocycles. The molecule has 0 saturated carbocycles. The number of ether oxygens (including phenoxy) is 2. The van der Waals surface area contributed by atoms with Crippen molar-refractivity contribution in [3.05, 3.63) is 46.7 Å². The molecule has 0 aliphatic rings. The Labute approximate surface area is 157 Å². The summed E-state index contributed by atoms with van der Waals surface area (Å²) >= 11 is 1.68. The minimum absolute atomic E-state index is 0.219. The third-order valence-corrected chi connectivity index (χ3v) is 4.49. The van der Waals surface area contributed by atoms with Crippen LogP contribution in [0.15, 0.2) is 41.8 Å². The molecule has 1 heterocycles. The van der Waals surface area contributed by atoms with E-state index in [2.05, 4.69) is 10.9 Å². The fraction of sp³-hybridized carbons (Fsp3) is 0.368. The van der Waals surface area contributed by atoms with Crippen molar-refractivity contribution >= 4 is 23.2 Å². The fourth-order valence-corrected chi connectivity index (χ4v) is 2.96. The van der Waals surface area contributed by atoms with Gasteiger partial charge in [0.1, 0.15) is 11.5 Å². The van der Waals surface area contributed by atoms with Crippen molar-refractivity contribution in [3.63, 3.8) is 0 Å². The van der Waals surface area contributed by atoms with Crippen molar-refractivity contribution in [1.82, 2.24) is 10.9 Å².